The lowest BCUT2D eigenvalue weighted by molar-refractivity contribution is -0.118. The Kier molecular flexibility index (Phi) is 5.96. The SMILES string of the molecule is CCNC(C)CC(=O)Cc1ncc(C)c(OC)c1C. The van der Waals surface area contributed by atoms with Crippen molar-refractivity contribution in [3.63, 3.8) is 0 Å². The van der Waals surface area contributed by atoms with Crippen LogP contribution in [0, 0.1) is 13.8 Å². The first-order valence-electron chi connectivity index (χ1n) is 6.73. The first-order chi connectivity index (χ1) is 8.99. The zero-order valence-corrected chi connectivity index (χ0v) is 12.5. The van der Waals surface area contributed by atoms with E-state index >= 15 is 0 Å². The van der Waals surface area contributed by atoms with Crippen molar-refractivity contribution in [1.29, 1.82) is 0 Å². The van der Waals surface area contributed by atoms with E-state index in [9.17, 15) is 4.79 Å². The fraction of sp³-hybridized carbons (Fsp3) is 0.600. The number of aromatic nitrogens is 1. The number of nitrogens with zero attached hydrogens (tertiary/aromatic N) is 1. The molecule has 106 valence electrons. The molecule has 1 rings (SSSR count). The summed E-state index contributed by atoms with van der Waals surface area (Å²) in [7, 11) is 1.65. The highest BCUT2D eigenvalue weighted by Gasteiger charge is 2.14. The van der Waals surface area contributed by atoms with E-state index in [1.54, 1.807) is 13.3 Å². The maximum absolute atomic E-state index is 12.0. The summed E-state index contributed by atoms with van der Waals surface area (Å²) < 4.78 is 5.35. The Bertz CT molecular complexity index is 444. The van der Waals surface area contributed by atoms with Crippen molar-refractivity contribution in [1.82, 2.24) is 10.3 Å². The van der Waals surface area contributed by atoms with Gasteiger partial charge in [0.15, 0.2) is 0 Å². The van der Waals surface area contributed by atoms with Gasteiger partial charge in [-0.15, -0.1) is 0 Å². The Morgan fingerprint density at radius 1 is 1.47 bits per heavy atom. The Hall–Kier alpha value is -1.42. The van der Waals surface area contributed by atoms with Crippen molar-refractivity contribution in [2.45, 2.75) is 46.6 Å². The van der Waals surface area contributed by atoms with Crippen molar-refractivity contribution >= 4 is 5.78 Å². The highest BCUT2D eigenvalue weighted by molar-refractivity contribution is 5.81. The number of ketones is 1. The van der Waals surface area contributed by atoms with Gasteiger partial charge in [-0.25, -0.2) is 0 Å². The monoisotopic (exact) mass is 264 g/mol. The van der Waals surface area contributed by atoms with E-state index in [0.29, 0.717) is 12.8 Å². The topological polar surface area (TPSA) is 51.2 Å². The summed E-state index contributed by atoms with van der Waals surface area (Å²) in [5.74, 6) is 1.03. The minimum absolute atomic E-state index is 0.204. The second-order valence-electron chi connectivity index (χ2n) is 4.92. The fourth-order valence-electron chi connectivity index (χ4n) is 2.27. The molecule has 1 aromatic heterocycles. The molecule has 0 aliphatic carbocycles. The molecule has 0 aromatic carbocycles. The van der Waals surface area contributed by atoms with Crippen LogP contribution in [0.4, 0.5) is 0 Å². The molecular formula is C15H24N2O2. The van der Waals surface area contributed by atoms with Crippen molar-refractivity contribution in [3.05, 3.63) is 23.0 Å². The lowest BCUT2D eigenvalue weighted by atomic mass is 10.0. The molecular weight excluding hydrogens is 240 g/mol. The summed E-state index contributed by atoms with van der Waals surface area (Å²) in [6.45, 7) is 8.85. The van der Waals surface area contributed by atoms with Crippen LogP contribution in [-0.2, 0) is 11.2 Å². The van der Waals surface area contributed by atoms with Gasteiger partial charge in [-0.2, -0.15) is 0 Å². The summed E-state index contributed by atoms with van der Waals surface area (Å²) in [4.78, 5) is 16.4. The average Bonchev–Trinajstić information content (AvgIpc) is 2.33. The van der Waals surface area contributed by atoms with Crippen molar-refractivity contribution in [2.75, 3.05) is 13.7 Å². The third-order valence-corrected chi connectivity index (χ3v) is 3.20. The Morgan fingerprint density at radius 2 is 2.16 bits per heavy atom. The number of Topliss-reactive ketones (excluding diaryl/α,β-unsaturated/α-hetero) is 1. The number of carbonyl (C=O) groups excluding carboxylic acids is 1. The molecule has 1 atom stereocenters. The molecule has 0 aliphatic heterocycles. The van der Waals surface area contributed by atoms with Crippen LogP contribution >= 0.6 is 0 Å². The predicted molar refractivity (Wildman–Crippen MR) is 76.7 cm³/mol. The predicted octanol–water partition coefficient (Wildman–Crippen LogP) is 2.21. The Morgan fingerprint density at radius 3 is 2.74 bits per heavy atom. The lowest BCUT2D eigenvalue weighted by Crippen LogP contribution is -2.28. The summed E-state index contributed by atoms with van der Waals surface area (Å²) >= 11 is 0. The summed E-state index contributed by atoms with van der Waals surface area (Å²) in [5, 5.41) is 3.24. The summed E-state index contributed by atoms with van der Waals surface area (Å²) in [6.07, 6.45) is 2.67. The van der Waals surface area contributed by atoms with Gasteiger partial charge in [0.05, 0.1) is 12.8 Å². The highest BCUT2D eigenvalue weighted by Crippen LogP contribution is 2.24. The highest BCUT2D eigenvalue weighted by atomic mass is 16.5. The number of hydrogen-bond acceptors (Lipinski definition) is 4. The molecule has 0 aliphatic rings. The Balaban J connectivity index is 2.75. The molecule has 1 N–H and O–H groups in total. The van der Waals surface area contributed by atoms with Crippen LogP contribution in [-0.4, -0.2) is 30.5 Å². The Labute approximate surface area is 115 Å². The molecule has 0 saturated carbocycles. The number of nitrogens with one attached hydrogen (secondary N) is 1. The van der Waals surface area contributed by atoms with E-state index in [0.717, 1.165) is 29.1 Å². The molecule has 0 spiro atoms. The van der Waals surface area contributed by atoms with Gasteiger partial charge in [0.25, 0.3) is 0 Å². The van der Waals surface area contributed by atoms with E-state index in [4.69, 9.17) is 4.74 Å². The maximum atomic E-state index is 12.0. The maximum Gasteiger partial charge on any atom is 0.140 e. The standard InChI is InChI=1S/C15H24N2O2/c1-6-16-11(3)7-13(18)8-14-12(4)15(19-5)10(2)9-17-14/h9,11,16H,6-8H2,1-5H3. The normalized spacial score (nSPS) is 12.3. The van der Waals surface area contributed by atoms with Gasteiger partial charge in [-0.05, 0) is 27.3 Å². The van der Waals surface area contributed by atoms with Gasteiger partial charge in [0.1, 0.15) is 11.5 Å². The van der Waals surface area contributed by atoms with Crippen molar-refractivity contribution in [2.24, 2.45) is 0 Å². The number of pyridine rings is 1. The molecule has 0 fully saturated rings. The molecule has 1 aromatic rings. The van der Waals surface area contributed by atoms with Crippen LogP contribution in [0.15, 0.2) is 6.20 Å². The molecule has 19 heavy (non-hydrogen) atoms. The van der Waals surface area contributed by atoms with Gasteiger partial charge < -0.3 is 10.1 Å². The van der Waals surface area contributed by atoms with Gasteiger partial charge >= 0.3 is 0 Å². The van der Waals surface area contributed by atoms with Gasteiger partial charge in [0, 0.05) is 36.2 Å². The summed E-state index contributed by atoms with van der Waals surface area (Å²) in [6, 6.07) is 0.213. The first-order valence-corrected chi connectivity index (χ1v) is 6.73. The largest absolute Gasteiger partial charge is 0.496 e. The van der Waals surface area contributed by atoms with Crippen LogP contribution in [0.5, 0.6) is 5.75 Å². The average molecular weight is 264 g/mol. The molecule has 1 unspecified atom stereocenters. The minimum Gasteiger partial charge on any atom is -0.496 e. The van der Waals surface area contributed by atoms with Gasteiger partial charge in [-0.3, -0.25) is 9.78 Å². The van der Waals surface area contributed by atoms with Crippen molar-refractivity contribution in [3.8, 4) is 5.75 Å². The quantitative estimate of drug-likeness (QED) is 0.820. The third-order valence-electron chi connectivity index (χ3n) is 3.20. The van der Waals surface area contributed by atoms with Crippen LogP contribution in [0.1, 0.15) is 37.1 Å². The second kappa shape index (κ2) is 7.24. The van der Waals surface area contributed by atoms with E-state index in [1.165, 1.54) is 0 Å². The number of ether oxygens (including phenoxy) is 1. The van der Waals surface area contributed by atoms with Crippen LogP contribution < -0.4 is 10.1 Å². The van der Waals surface area contributed by atoms with Gasteiger partial charge in [0.2, 0.25) is 0 Å². The van der Waals surface area contributed by atoms with Crippen LogP contribution in [0.3, 0.4) is 0 Å². The lowest BCUT2D eigenvalue weighted by Gasteiger charge is -2.13. The molecule has 4 heteroatoms. The number of methoxy groups -OCH3 is 1. The van der Waals surface area contributed by atoms with E-state index < -0.39 is 0 Å². The number of aryl methyl sites for hydroxylation is 1. The zero-order valence-electron chi connectivity index (χ0n) is 12.5. The molecule has 0 bridgehead atoms. The third kappa shape index (κ3) is 4.31. The van der Waals surface area contributed by atoms with E-state index in [2.05, 4.69) is 10.3 Å². The van der Waals surface area contributed by atoms with Crippen molar-refractivity contribution < 1.29 is 9.53 Å². The van der Waals surface area contributed by atoms with E-state index in [-0.39, 0.29) is 11.8 Å². The van der Waals surface area contributed by atoms with E-state index in [1.807, 2.05) is 27.7 Å². The zero-order chi connectivity index (χ0) is 14.4. The number of hydrogen-bond donors (Lipinski definition) is 1. The minimum atomic E-state index is 0.204. The molecule has 0 amide bonds. The second-order valence-corrected chi connectivity index (χ2v) is 4.92. The number of carbonyl (C=O) groups is 1. The van der Waals surface area contributed by atoms with Crippen LogP contribution in [0.25, 0.3) is 0 Å². The molecule has 0 radical (unpaired) electrons. The fourth-order valence-corrected chi connectivity index (χ4v) is 2.27. The summed E-state index contributed by atoms with van der Waals surface area (Å²) in [5.41, 5.74) is 2.78. The molecule has 4 nitrogen and oxygen atoms in total. The number of rotatable bonds is 7. The molecule has 0 saturated heterocycles. The molecule has 1 heterocycles. The van der Waals surface area contributed by atoms with Gasteiger partial charge in [-0.1, -0.05) is 6.92 Å². The smallest absolute Gasteiger partial charge is 0.140 e. The first kappa shape index (κ1) is 15.6. The van der Waals surface area contributed by atoms with Crippen LogP contribution in [0.2, 0.25) is 0 Å².